The molecule has 3 rings (SSSR count). The lowest BCUT2D eigenvalue weighted by Gasteiger charge is -2.36. The van der Waals surface area contributed by atoms with Crippen LogP contribution in [0.4, 0.5) is 0 Å². The predicted molar refractivity (Wildman–Crippen MR) is 88.6 cm³/mol. The lowest BCUT2D eigenvalue weighted by molar-refractivity contribution is -0.140. The molecular weight excluding hydrogens is 276 g/mol. The minimum absolute atomic E-state index is 0.228. The van der Waals surface area contributed by atoms with E-state index in [0.29, 0.717) is 23.7 Å². The Morgan fingerprint density at radius 2 is 1.68 bits per heavy atom. The number of Topliss-reactive ketones (excluding diaryl/α,β-unsaturated/α-hetero) is 1. The van der Waals surface area contributed by atoms with Crippen LogP contribution in [0.1, 0.15) is 52.9 Å². The molecule has 0 aromatic heterocycles. The third kappa shape index (κ3) is 3.70. The maximum atomic E-state index is 12.6. The summed E-state index contributed by atoms with van der Waals surface area (Å²) >= 11 is 0. The maximum Gasteiger partial charge on any atom is 0.226 e. The summed E-state index contributed by atoms with van der Waals surface area (Å²) in [5.74, 6) is 1.58. The lowest BCUT2D eigenvalue weighted by atomic mass is 9.89. The molecule has 4 heteroatoms. The second kappa shape index (κ2) is 7.58. The van der Waals surface area contributed by atoms with Crippen molar-refractivity contribution in [1.82, 2.24) is 9.80 Å². The first kappa shape index (κ1) is 17.5. The molecule has 3 fully saturated rings. The molecule has 0 N–H and O–H groups in total. The molecular formula is C18H32N2O2. The SMILES string of the molecule is CC(=O)C1CC2CC1CN2C(=O)C1CCN(C)CC1.CCC. The van der Waals surface area contributed by atoms with Gasteiger partial charge in [-0.1, -0.05) is 20.3 Å². The highest BCUT2D eigenvalue weighted by Gasteiger charge is 2.48. The van der Waals surface area contributed by atoms with E-state index in [-0.39, 0.29) is 11.8 Å². The Bertz CT molecular complexity index is 402. The fourth-order valence-corrected chi connectivity index (χ4v) is 4.21. The van der Waals surface area contributed by atoms with Gasteiger partial charge in [-0.2, -0.15) is 0 Å². The van der Waals surface area contributed by atoms with Crippen LogP contribution in [0.3, 0.4) is 0 Å². The first-order valence-electron chi connectivity index (χ1n) is 8.97. The van der Waals surface area contributed by atoms with Crippen LogP contribution in [0.2, 0.25) is 0 Å². The average molecular weight is 308 g/mol. The summed E-state index contributed by atoms with van der Waals surface area (Å²) in [5.41, 5.74) is 0. The number of amides is 1. The van der Waals surface area contributed by atoms with Crippen LogP contribution in [-0.2, 0) is 9.59 Å². The smallest absolute Gasteiger partial charge is 0.226 e. The molecule has 3 aliphatic rings. The second-order valence-electron chi connectivity index (χ2n) is 7.38. The van der Waals surface area contributed by atoms with E-state index in [9.17, 15) is 9.59 Å². The highest BCUT2D eigenvalue weighted by atomic mass is 16.2. The number of carbonyl (C=O) groups excluding carboxylic acids is 2. The number of rotatable bonds is 2. The number of fused-ring (bicyclic) bond motifs is 2. The minimum Gasteiger partial charge on any atom is -0.339 e. The van der Waals surface area contributed by atoms with Gasteiger partial charge in [-0.3, -0.25) is 9.59 Å². The zero-order chi connectivity index (χ0) is 16.3. The predicted octanol–water partition coefficient (Wildman–Crippen LogP) is 2.57. The van der Waals surface area contributed by atoms with E-state index in [1.54, 1.807) is 6.92 Å². The van der Waals surface area contributed by atoms with Gasteiger partial charge in [-0.15, -0.1) is 0 Å². The molecule has 0 spiro atoms. The van der Waals surface area contributed by atoms with Gasteiger partial charge < -0.3 is 9.80 Å². The third-order valence-electron chi connectivity index (χ3n) is 5.41. The van der Waals surface area contributed by atoms with Crippen molar-refractivity contribution in [3.63, 3.8) is 0 Å². The minimum atomic E-state index is 0.228. The zero-order valence-corrected chi connectivity index (χ0v) is 14.7. The van der Waals surface area contributed by atoms with Crippen LogP contribution < -0.4 is 0 Å². The number of piperidine rings is 2. The van der Waals surface area contributed by atoms with Gasteiger partial charge in [0.15, 0.2) is 0 Å². The molecule has 1 amide bonds. The number of carbonyl (C=O) groups is 2. The molecule has 2 heterocycles. The van der Waals surface area contributed by atoms with Gasteiger partial charge in [0.2, 0.25) is 5.91 Å². The van der Waals surface area contributed by atoms with Gasteiger partial charge in [-0.25, -0.2) is 0 Å². The molecule has 0 aromatic carbocycles. The quantitative estimate of drug-likeness (QED) is 0.787. The molecule has 3 atom stereocenters. The van der Waals surface area contributed by atoms with Gasteiger partial charge >= 0.3 is 0 Å². The van der Waals surface area contributed by atoms with Gasteiger partial charge in [-0.05, 0) is 58.7 Å². The Kier molecular flexibility index (Phi) is 6.01. The van der Waals surface area contributed by atoms with E-state index >= 15 is 0 Å². The Hall–Kier alpha value is -0.900. The van der Waals surface area contributed by atoms with Crippen molar-refractivity contribution in [1.29, 1.82) is 0 Å². The van der Waals surface area contributed by atoms with Gasteiger partial charge in [0.1, 0.15) is 5.78 Å². The first-order valence-corrected chi connectivity index (χ1v) is 8.97. The van der Waals surface area contributed by atoms with Crippen LogP contribution in [0.5, 0.6) is 0 Å². The van der Waals surface area contributed by atoms with E-state index in [1.807, 2.05) is 0 Å². The Morgan fingerprint density at radius 1 is 1.09 bits per heavy atom. The Labute approximate surface area is 135 Å². The molecule has 2 saturated heterocycles. The maximum absolute atomic E-state index is 12.6. The normalized spacial score (nSPS) is 31.8. The molecule has 1 saturated carbocycles. The largest absolute Gasteiger partial charge is 0.339 e. The standard InChI is InChI=1S/C15H24N2O2.C3H8/c1-10(18)14-8-13-7-12(14)9-17(13)15(19)11-3-5-16(2)6-4-11;1-3-2/h11-14H,3-9H2,1-2H3;3H2,1-2H3. The van der Waals surface area contributed by atoms with Crippen molar-refractivity contribution < 1.29 is 9.59 Å². The molecule has 2 aliphatic heterocycles. The van der Waals surface area contributed by atoms with Gasteiger partial charge in [0, 0.05) is 24.4 Å². The summed E-state index contributed by atoms with van der Waals surface area (Å²) in [6, 6.07) is 0.353. The lowest BCUT2D eigenvalue weighted by Crippen LogP contribution is -2.46. The number of nitrogens with zero attached hydrogens (tertiary/aromatic N) is 2. The monoisotopic (exact) mass is 308 g/mol. The molecule has 126 valence electrons. The zero-order valence-electron chi connectivity index (χ0n) is 14.7. The summed E-state index contributed by atoms with van der Waals surface area (Å²) in [4.78, 5) is 28.5. The van der Waals surface area contributed by atoms with Gasteiger partial charge in [0.25, 0.3) is 0 Å². The highest BCUT2D eigenvalue weighted by molar-refractivity contribution is 5.82. The van der Waals surface area contributed by atoms with Crippen LogP contribution >= 0.6 is 0 Å². The summed E-state index contributed by atoms with van der Waals surface area (Å²) in [6.45, 7) is 8.86. The number of likely N-dealkylation sites (tertiary alicyclic amines) is 2. The van der Waals surface area contributed by atoms with Crippen molar-refractivity contribution in [3.8, 4) is 0 Å². The molecule has 1 aliphatic carbocycles. The molecule has 2 bridgehead atoms. The van der Waals surface area contributed by atoms with Crippen molar-refractivity contribution in [2.24, 2.45) is 17.8 Å². The first-order chi connectivity index (χ1) is 10.5. The Morgan fingerprint density at radius 3 is 2.14 bits per heavy atom. The van der Waals surface area contributed by atoms with E-state index in [0.717, 1.165) is 45.3 Å². The van der Waals surface area contributed by atoms with Crippen LogP contribution in [0.15, 0.2) is 0 Å². The molecule has 0 radical (unpaired) electrons. The van der Waals surface area contributed by atoms with Crippen molar-refractivity contribution >= 4 is 11.7 Å². The fourth-order valence-electron chi connectivity index (χ4n) is 4.21. The third-order valence-corrected chi connectivity index (χ3v) is 5.41. The number of hydrogen-bond acceptors (Lipinski definition) is 3. The average Bonchev–Trinajstić information content (AvgIpc) is 3.08. The molecule has 4 nitrogen and oxygen atoms in total. The van der Waals surface area contributed by atoms with E-state index in [4.69, 9.17) is 0 Å². The van der Waals surface area contributed by atoms with Crippen LogP contribution in [0.25, 0.3) is 0 Å². The summed E-state index contributed by atoms with van der Waals surface area (Å²) in [5, 5.41) is 0. The molecule has 22 heavy (non-hydrogen) atoms. The van der Waals surface area contributed by atoms with Gasteiger partial charge in [0.05, 0.1) is 0 Å². The molecule has 3 unspecified atom stereocenters. The summed E-state index contributed by atoms with van der Waals surface area (Å²) in [6.07, 6.45) is 5.22. The van der Waals surface area contributed by atoms with Crippen molar-refractivity contribution in [2.45, 2.75) is 58.9 Å². The van der Waals surface area contributed by atoms with E-state index < -0.39 is 0 Å². The topological polar surface area (TPSA) is 40.6 Å². The van der Waals surface area contributed by atoms with Crippen LogP contribution in [-0.4, -0.2) is 54.2 Å². The number of ketones is 1. The summed E-state index contributed by atoms with van der Waals surface area (Å²) < 4.78 is 0. The van der Waals surface area contributed by atoms with Crippen molar-refractivity contribution in [3.05, 3.63) is 0 Å². The summed E-state index contributed by atoms with van der Waals surface area (Å²) in [7, 11) is 2.12. The van der Waals surface area contributed by atoms with E-state index in [2.05, 4.69) is 30.7 Å². The molecule has 0 aromatic rings. The fraction of sp³-hybridized carbons (Fsp3) is 0.889. The van der Waals surface area contributed by atoms with E-state index in [1.165, 1.54) is 6.42 Å². The second-order valence-corrected chi connectivity index (χ2v) is 7.38. The van der Waals surface area contributed by atoms with Crippen LogP contribution in [0, 0.1) is 17.8 Å². The highest BCUT2D eigenvalue weighted by Crippen LogP contribution is 2.43. The van der Waals surface area contributed by atoms with Crippen molar-refractivity contribution in [2.75, 3.05) is 26.7 Å². The number of hydrogen-bond donors (Lipinski definition) is 0. The Balaban J connectivity index is 0.000000545.